The van der Waals surface area contributed by atoms with Crippen LogP contribution in [0.25, 0.3) is 9.40 Å². The van der Waals surface area contributed by atoms with E-state index in [0.29, 0.717) is 11.3 Å². The van der Waals surface area contributed by atoms with E-state index in [0.717, 1.165) is 14.3 Å². The van der Waals surface area contributed by atoms with Crippen molar-refractivity contribution in [3.63, 3.8) is 0 Å². The molecule has 2 fully saturated rings. The van der Waals surface area contributed by atoms with E-state index in [2.05, 4.69) is 10.3 Å². The molecule has 0 aliphatic carbocycles. The molecular weight excluding hydrogens is 565 g/mol. The number of carbonyl (C=O) groups excluding carboxylic acids is 3. The number of ketones is 1. The summed E-state index contributed by atoms with van der Waals surface area (Å²) in [5.74, 6) is -1.05. The lowest BCUT2D eigenvalue weighted by Crippen LogP contribution is -2.53. The van der Waals surface area contributed by atoms with Crippen LogP contribution in [-0.2, 0) is 26.0 Å². The Morgan fingerprint density at radius 3 is 2.74 bits per heavy atom. The minimum absolute atomic E-state index is 0.0110. The zero-order chi connectivity index (χ0) is 26.4. The van der Waals surface area contributed by atoms with E-state index in [4.69, 9.17) is 0 Å². The third-order valence-corrected chi connectivity index (χ3v) is 11.7. The number of rotatable bonds is 7. The van der Waals surface area contributed by atoms with Gasteiger partial charge in [-0.15, -0.1) is 34.0 Å². The Morgan fingerprint density at radius 1 is 1.13 bits per heavy atom. The minimum atomic E-state index is -3.95. The summed E-state index contributed by atoms with van der Waals surface area (Å²) in [6.45, 7) is -0.0747. The molecule has 2 aliphatic rings. The van der Waals surface area contributed by atoms with Crippen LogP contribution in [-0.4, -0.2) is 71.4 Å². The molecular formula is C25H22N4O5S4. The summed E-state index contributed by atoms with van der Waals surface area (Å²) >= 11 is 4.40. The third kappa shape index (κ3) is 4.47. The van der Waals surface area contributed by atoms with Crippen molar-refractivity contribution in [2.45, 2.75) is 35.9 Å². The maximum absolute atomic E-state index is 13.9. The average Bonchev–Trinajstić information content (AvgIpc) is 3.72. The fraction of sp³-hybridized carbons (Fsp3) is 0.280. The first-order valence-corrected chi connectivity index (χ1v) is 15.9. The van der Waals surface area contributed by atoms with Crippen molar-refractivity contribution in [3.05, 3.63) is 69.3 Å². The van der Waals surface area contributed by atoms with Crippen LogP contribution in [0.5, 0.6) is 0 Å². The third-order valence-electron chi connectivity index (χ3n) is 6.85. The fourth-order valence-corrected chi connectivity index (χ4v) is 9.47. The standard InChI is InChI=1S/C25H22N4O5S4/c30-19-14-29(38(33,34)16-4-1-7-26-13-16)18-5-8-28(23(18)19)25(32)17(11-15-3-2-9-35-15)27-24(31)22-12-21-20(37-22)6-10-36-21/h1-4,6-7,9-10,12-13,17-18,23H,5,8,11,14H2,(H,27,31). The van der Waals surface area contributed by atoms with E-state index < -0.39 is 28.1 Å². The van der Waals surface area contributed by atoms with E-state index in [9.17, 15) is 22.8 Å². The minimum Gasteiger partial charge on any atom is -0.339 e. The number of amides is 2. The predicted molar refractivity (Wildman–Crippen MR) is 146 cm³/mol. The van der Waals surface area contributed by atoms with Crippen LogP contribution in [0.15, 0.2) is 64.4 Å². The smallest absolute Gasteiger partial charge is 0.262 e. The predicted octanol–water partition coefficient (Wildman–Crippen LogP) is 3.00. The van der Waals surface area contributed by atoms with Gasteiger partial charge in [-0.2, -0.15) is 4.31 Å². The van der Waals surface area contributed by atoms with E-state index in [1.807, 2.05) is 35.0 Å². The van der Waals surface area contributed by atoms with E-state index in [1.165, 1.54) is 56.4 Å². The molecule has 6 heterocycles. The highest BCUT2D eigenvalue weighted by molar-refractivity contribution is 7.89. The number of hydrogen-bond acceptors (Lipinski definition) is 9. The highest BCUT2D eigenvalue weighted by Gasteiger charge is 2.54. The van der Waals surface area contributed by atoms with Gasteiger partial charge in [0.25, 0.3) is 5.91 Å². The van der Waals surface area contributed by atoms with Crippen LogP contribution in [0.3, 0.4) is 0 Å². The molecule has 0 bridgehead atoms. The van der Waals surface area contributed by atoms with Gasteiger partial charge in [0.05, 0.1) is 17.5 Å². The number of nitrogens with one attached hydrogen (secondary N) is 1. The maximum atomic E-state index is 13.9. The normalized spacial score (nSPS) is 20.6. The number of fused-ring (bicyclic) bond motifs is 2. The zero-order valence-corrected chi connectivity index (χ0v) is 23.1. The summed E-state index contributed by atoms with van der Waals surface area (Å²) in [5.41, 5.74) is 0. The van der Waals surface area contributed by atoms with Crippen molar-refractivity contribution >= 4 is 71.0 Å². The molecule has 6 rings (SSSR count). The van der Waals surface area contributed by atoms with Crippen molar-refractivity contribution < 1.29 is 22.8 Å². The van der Waals surface area contributed by atoms with Gasteiger partial charge in [0.2, 0.25) is 15.9 Å². The molecule has 2 amide bonds. The first-order chi connectivity index (χ1) is 18.3. The lowest BCUT2D eigenvalue weighted by Gasteiger charge is -2.28. The Morgan fingerprint density at radius 2 is 2.00 bits per heavy atom. The molecule has 1 N–H and O–H groups in total. The number of likely N-dealkylation sites (tertiary alicyclic amines) is 1. The Hall–Kier alpha value is -2.97. The molecule has 2 saturated heterocycles. The quantitative estimate of drug-likeness (QED) is 0.356. The molecule has 0 saturated carbocycles. The molecule has 0 aromatic carbocycles. The number of Topliss-reactive ketones (excluding diaryl/α,β-unsaturated/α-hetero) is 1. The van der Waals surface area contributed by atoms with E-state index in [1.54, 1.807) is 11.3 Å². The SMILES string of the molecule is O=C(NC(Cc1cccs1)C(=O)N1CCC2C1C(=O)CN2S(=O)(=O)c1cccnc1)c1cc2sccc2s1. The van der Waals surface area contributed by atoms with Gasteiger partial charge >= 0.3 is 0 Å². The molecule has 9 nitrogen and oxygen atoms in total. The lowest BCUT2D eigenvalue weighted by molar-refractivity contribution is -0.138. The monoisotopic (exact) mass is 586 g/mol. The number of sulfonamides is 1. The van der Waals surface area contributed by atoms with Crippen molar-refractivity contribution in [1.29, 1.82) is 0 Å². The second kappa shape index (κ2) is 9.97. The van der Waals surface area contributed by atoms with Crippen LogP contribution >= 0.6 is 34.0 Å². The molecule has 13 heteroatoms. The number of nitrogens with zero attached hydrogens (tertiary/aromatic N) is 3. The first-order valence-electron chi connectivity index (χ1n) is 11.9. The van der Waals surface area contributed by atoms with Crippen LogP contribution < -0.4 is 5.32 Å². The number of carbonyl (C=O) groups is 3. The van der Waals surface area contributed by atoms with Gasteiger partial charge in [-0.25, -0.2) is 8.42 Å². The summed E-state index contributed by atoms with van der Waals surface area (Å²) in [4.78, 5) is 47.0. The maximum Gasteiger partial charge on any atom is 0.262 e. The van der Waals surface area contributed by atoms with Crippen LogP contribution in [0, 0.1) is 0 Å². The highest BCUT2D eigenvalue weighted by Crippen LogP contribution is 2.35. The molecule has 4 aromatic rings. The van der Waals surface area contributed by atoms with Gasteiger partial charge in [0.1, 0.15) is 17.0 Å². The largest absolute Gasteiger partial charge is 0.339 e. The number of pyridine rings is 1. The van der Waals surface area contributed by atoms with Crippen molar-refractivity contribution in [2.75, 3.05) is 13.1 Å². The second-order valence-electron chi connectivity index (χ2n) is 9.11. The Kier molecular flexibility index (Phi) is 6.64. The van der Waals surface area contributed by atoms with Crippen LogP contribution in [0.4, 0.5) is 0 Å². The lowest BCUT2D eigenvalue weighted by atomic mass is 10.1. The summed E-state index contributed by atoms with van der Waals surface area (Å²) in [6.07, 6.45) is 3.35. The fourth-order valence-electron chi connectivity index (χ4n) is 5.11. The van der Waals surface area contributed by atoms with Crippen molar-refractivity contribution in [3.8, 4) is 0 Å². The molecule has 3 atom stereocenters. The van der Waals surface area contributed by atoms with Gasteiger partial charge in [-0.3, -0.25) is 19.4 Å². The molecule has 0 radical (unpaired) electrons. The highest BCUT2D eigenvalue weighted by atomic mass is 32.2. The number of hydrogen-bond donors (Lipinski definition) is 1. The topological polar surface area (TPSA) is 117 Å². The molecule has 38 heavy (non-hydrogen) atoms. The van der Waals surface area contributed by atoms with E-state index >= 15 is 0 Å². The molecule has 4 aromatic heterocycles. The number of aromatic nitrogens is 1. The van der Waals surface area contributed by atoms with Gasteiger partial charge in [0, 0.05) is 39.6 Å². The molecule has 196 valence electrons. The summed E-state index contributed by atoms with van der Waals surface area (Å²) in [7, 11) is -3.95. The van der Waals surface area contributed by atoms with Gasteiger partial charge in [-0.1, -0.05) is 6.07 Å². The average molecular weight is 587 g/mol. The Labute approximate surface area is 230 Å². The summed E-state index contributed by atoms with van der Waals surface area (Å²) in [5, 5.41) is 6.77. The summed E-state index contributed by atoms with van der Waals surface area (Å²) < 4.78 is 29.8. The Balaban J connectivity index is 1.25. The van der Waals surface area contributed by atoms with E-state index in [-0.39, 0.29) is 42.0 Å². The summed E-state index contributed by atoms with van der Waals surface area (Å²) in [6, 6.07) is 8.09. The zero-order valence-electron chi connectivity index (χ0n) is 19.8. The Bertz CT molecular complexity index is 1580. The van der Waals surface area contributed by atoms with Crippen molar-refractivity contribution in [1.82, 2.24) is 19.5 Å². The van der Waals surface area contributed by atoms with Gasteiger partial charge in [-0.05, 0) is 47.5 Å². The number of thiophene rings is 3. The molecule has 0 spiro atoms. The van der Waals surface area contributed by atoms with Gasteiger partial charge < -0.3 is 10.2 Å². The molecule has 2 aliphatic heterocycles. The first kappa shape index (κ1) is 25.3. The molecule has 3 unspecified atom stereocenters. The van der Waals surface area contributed by atoms with Crippen molar-refractivity contribution in [2.24, 2.45) is 0 Å². The second-order valence-corrected chi connectivity index (χ2v) is 14.1. The van der Waals surface area contributed by atoms with Crippen LogP contribution in [0.2, 0.25) is 0 Å². The van der Waals surface area contributed by atoms with Crippen LogP contribution in [0.1, 0.15) is 21.0 Å². The van der Waals surface area contributed by atoms with Gasteiger partial charge in [0.15, 0.2) is 5.78 Å².